The molecule has 0 saturated carbocycles. The lowest BCUT2D eigenvalue weighted by atomic mass is 9.71. The Balaban J connectivity index is 1.74. The highest BCUT2D eigenvalue weighted by Gasteiger charge is 2.39. The van der Waals surface area contributed by atoms with E-state index in [0.717, 1.165) is 25.1 Å². The molecule has 4 rings (SSSR count). The number of benzene rings is 2. The van der Waals surface area contributed by atoms with Gasteiger partial charge < -0.3 is 5.32 Å². The van der Waals surface area contributed by atoms with Crippen molar-refractivity contribution in [2.45, 2.75) is 11.8 Å². The molecule has 3 aromatic rings. The molecular weight excluding hydrogens is 281 g/mol. The third kappa shape index (κ3) is 2.17. The van der Waals surface area contributed by atoms with Gasteiger partial charge in [0.25, 0.3) is 0 Å². The molecule has 1 nitrogen and oxygen atoms in total. The van der Waals surface area contributed by atoms with Crippen molar-refractivity contribution in [2.75, 3.05) is 13.1 Å². The van der Waals surface area contributed by atoms with E-state index in [9.17, 15) is 4.39 Å². The molecule has 0 spiro atoms. The molecule has 1 fully saturated rings. The van der Waals surface area contributed by atoms with Gasteiger partial charge in [-0.05, 0) is 46.5 Å². The van der Waals surface area contributed by atoms with Crippen LogP contribution in [0, 0.1) is 5.82 Å². The van der Waals surface area contributed by atoms with Crippen molar-refractivity contribution in [3.63, 3.8) is 0 Å². The summed E-state index contributed by atoms with van der Waals surface area (Å²) in [6, 6.07) is 15.6. The Hall–Kier alpha value is -1.71. The molecule has 0 unspecified atom stereocenters. The van der Waals surface area contributed by atoms with Crippen LogP contribution in [0.15, 0.2) is 53.9 Å². The van der Waals surface area contributed by atoms with Gasteiger partial charge in [0.15, 0.2) is 0 Å². The lowest BCUT2D eigenvalue weighted by Gasteiger charge is -2.43. The van der Waals surface area contributed by atoms with E-state index in [2.05, 4.69) is 41.0 Å². The Labute approximate surface area is 127 Å². The Morgan fingerprint density at radius 2 is 1.95 bits per heavy atom. The first-order chi connectivity index (χ1) is 10.3. The molecule has 106 valence electrons. The first-order valence-electron chi connectivity index (χ1n) is 7.19. The topological polar surface area (TPSA) is 12.0 Å². The quantitative estimate of drug-likeness (QED) is 0.766. The van der Waals surface area contributed by atoms with Crippen LogP contribution in [0.25, 0.3) is 10.1 Å². The van der Waals surface area contributed by atoms with Crippen molar-refractivity contribution in [2.24, 2.45) is 0 Å². The standard InChI is InChI=1S/C18H16FNS/c19-15-5-3-4-14(8-15)18(11-20-12-18)9-13-10-21-17-7-2-1-6-16(13)17/h1-8,10,20H,9,11-12H2. The number of fused-ring (bicyclic) bond motifs is 1. The van der Waals surface area contributed by atoms with E-state index in [1.807, 2.05) is 6.07 Å². The van der Waals surface area contributed by atoms with E-state index >= 15 is 0 Å². The van der Waals surface area contributed by atoms with Gasteiger partial charge in [-0.15, -0.1) is 11.3 Å². The van der Waals surface area contributed by atoms with Crippen LogP contribution in [-0.4, -0.2) is 13.1 Å². The molecule has 1 aliphatic heterocycles. The number of hydrogen-bond donors (Lipinski definition) is 1. The maximum absolute atomic E-state index is 13.6. The van der Waals surface area contributed by atoms with E-state index < -0.39 is 0 Å². The minimum absolute atomic E-state index is 0.0337. The SMILES string of the molecule is Fc1cccc(C2(Cc3csc4ccccc34)CNC2)c1. The number of hydrogen-bond acceptors (Lipinski definition) is 2. The lowest BCUT2D eigenvalue weighted by Crippen LogP contribution is -2.58. The van der Waals surface area contributed by atoms with Crippen LogP contribution in [0.5, 0.6) is 0 Å². The number of halogens is 1. The Kier molecular flexibility index (Phi) is 3.05. The highest BCUT2D eigenvalue weighted by Crippen LogP contribution is 2.36. The molecule has 1 aromatic heterocycles. The number of thiophene rings is 1. The molecule has 0 aliphatic carbocycles. The second-order valence-corrected chi connectivity index (χ2v) is 6.74. The fraction of sp³-hybridized carbons (Fsp3) is 0.222. The summed E-state index contributed by atoms with van der Waals surface area (Å²) in [5.41, 5.74) is 2.52. The first-order valence-corrected chi connectivity index (χ1v) is 8.07. The van der Waals surface area contributed by atoms with Crippen molar-refractivity contribution in [1.29, 1.82) is 0 Å². The van der Waals surface area contributed by atoms with Gasteiger partial charge in [0.1, 0.15) is 5.82 Å². The largest absolute Gasteiger partial charge is 0.315 e. The molecule has 0 atom stereocenters. The Morgan fingerprint density at radius 3 is 2.71 bits per heavy atom. The zero-order chi connectivity index (χ0) is 14.3. The van der Waals surface area contributed by atoms with E-state index in [-0.39, 0.29) is 11.2 Å². The van der Waals surface area contributed by atoms with E-state index in [1.165, 1.54) is 21.7 Å². The smallest absolute Gasteiger partial charge is 0.123 e. The summed E-state index contributed by atoms with van der Waals surface area (Å²) < 4.78 is 14.9. The second-order valence-electron chi connectivity index (χ2n) is 5.83. The number of nitrogens with one attached hydrogen (secondary N) is 1. The Morgan fingerprint density at radius 1 is 1.10 bits per heavy atom. The third-order valence-corrected chi connectivity index (χ3v) is 5.47. The third-order valence-electron chi connectivity index (χ3n) is 4.45. The predicted octanol–water partition coefficient (Wildman–Crippen LogP) is 4.12. The fourth-order valence-corrected chi connectivity index (χ4v) is 4.17. The number of rotatable bonds is 3. The molecule has 1 saturated heterocycles. The fourth-order valence-electron chi connectivity index (χ4n) is 3.21. The summed E-state index contributed by atoms with van der Waals surface area (Å²) in [6.45, 7) is 1.83. The average molecular weight is 297 g/mol. The summed E-state index contributed by atoms with van der Waals surface area (Å²) >= 11 is 1.79. The molecule has 21 heavy (non-hydrogen) atoms. The molecule has 0 radical (unpaired) electrons. The van der Waals surface area contributed by atoms with Crippen molar-refractivity contribution in [3.05, 3.63) is 70.9 Å². The van der Waals surface area contributed by atoms with Crippen molar-refractivity contribution in [3.8, 4) is 0 Å². The molecule has 0 amide bonds. The maximum Gasteiger partial charge on any atom is 0.123 e. The van der Waals surface area contributed by atoms with Crippen LogP contribution in [0.1, 0.15) is 11.1 Å². The zero-order valence-corrected chi connectivity index (χ0v) is 12.4. The van der Waals surface area contributed by atoms with Crippen LogP contribution in [0.2, 0.25) is 0 Å². The summed E-state index contributed by atoms with van der Waals surface area (Å²) in [4.78, 5) is 0. The summed E-state index contributed by atoms with van der Waals surface area (Å²) in [5, 5.41) is 6.95. The van der Waals surface area contributed by atoms with Crippen LogP contribution >= 0.6 is 11.3 Å². The van der Waals surface area contributed by atoms with Gasteiger partial charge in [0.2, 0.25) is 0 Å². The minimum atomic E-state index is -0.144. The molecule has 2 heterocycles. The van der Waals surface area contributed by atoms with Gasteiger partial charge in [0.05, 0.1) is 0 Å². The second kappa shape index (κ2) is 4.93. The van der Waals surface area contributed by atoms with E-state index in [4.69, 9.17) is 0 Å². The summed E-state index contributed by atoms with van der Waals surface area (Å²) in [6.07, 6.45) is 0.966. The summed E-state index contributed by atoms with van der Waals surface area (Å²) in [5.74, 6) is -0.144. The van der Waals surface area contributed by atoms with Gasteiger partial charge in [-0.2, -0.15) is 0 Å². The average Bonchev–Trinajstić information content (AvgIpc) is 2.86. The van der Waals surface area contributed by atoms with E-state index in [1.54, 1.807) is 17.4 Å². The van der Waals surface area contributed by atoms with Crippen molar-refractivity contribution >= 4 is 21.4 Å². The zero-order valence-electron chi connectivity index (χ0n) is 11.6. The highest BCUT2D eigenvalue weighted by molar-refractivity contribution is 7.17. The van der Waals surface area contributed by atoms with Crippen LogP contribution < -0.4 is 5.32 Å². The molecule has 1 aliphatic rings. The van der Waals surface area contributed by atoms with Gasteiger partial charge in [-0.1, -0.05) is 30.3 Å². The predicted molar refractivity (Wildman–Crippen MR) is 86.5 cm³/mol. The van der Waals surface area contributed by atoms with Gasteiger partial charge in [-0.3, -0.25) is 0 Å². The summed E-state index contributed by atoms with van der Waals surface area (Å²) in [7, 11) is 0. The van der Waals surface area contributed by atoms with Gasteiger partial charge in [0, 0.05) is 23.2 Å². The lowest BCUT2D eigenvalue weighted by molar-refractivity contribution is 0.274. The van der Waals surface area contributed by atoms with Gasteiger partial charge >= 0.3 is 0 Å². The molecule has 1 N–H and O–H groups in total. The molecule has 3 heteroatoms. The van der Waals surface area contributed by atoms with Crippen molar-refractivity contribution in [1.82, 2.24) is 5.32 Å². The molecule has 2 aromatic carbocycles. The first kappa shape index (κ1) is 13.0. The van der Waals surface area contributed by atoms with Gasteiger partial charge in [-0.25, -0.2) is 4.39 Å². The monoisotopic (exact) mass is 297 g/mol. The van der Waals surface area contributed by atoms with Crippen LogP contribution in [-0.2, 0) is 11.8 Å². The normalized spacial score (nSPS) is 16.8. The van der Waals surface area contributed by atoms with Crippen LogP contribution in [0.4, 0.5) is 4.39 Å². The van der Waals surface area contributed by atoms with Crippen molar-refractivity contribution < 1.29 is 4.39 Å². The molecular formula is C18H16FNS. The molecule has 0 bridgehead atoms. The van der Waals surface area contributed by atoms with E-state index in [0.29, 0.717) is 0 Å². The Bertz CT molecular complexity index is 789. The van der Waals surface area contributed by atoms with Crippen LogP contribution in [0.3, 0.4) is 0 Å². The maximum atomic E-state index is 13.6. The minimum Gasteiger partial charge on any atom is -0.315 e. The highest BCUT2D eigenvalue weighted by atomic mass is 32.1.